The number of nitrogens with one attached hydrogen (secondary N) is 2. The van der Waals surface area contributed by atoms with Gasteiger partial charge >= 0.3 is 0 Å². The summed E-state index contributed by atoms with van der Waals surface area (Å²) in [6.07, 6.45) is 10.6. The topological polar surface area (TPSA) is 85.2 Å². The molecule has 148 valence electrons. The lowest BCUT2D eigenvalue weighted by atomic mass is 9.95. The molecule has 7 nitrogen and oxygen atoms in total. The predicted octanol–water partition coefficient (Wildman–Crippen LogP) is 2.19. The number of rotatable bonds is 5. The van der Waals surface area contributed by atoms with Crippen molar-refractivity contribution in [3.63, 3.8) is 0 Å². The van der Waals surface area contributed by atoms with E-state index in [1.807, 2.05) is 4.57 Å². The number of carbonyl (C=O) groups excluding carboxylic acids is 2. The SMILES string of the molecule is O=C(NC1CCCCC1)c1nc(C(=O)NCC2CCCO2)n2c1CCCC2. The van der Waals surface area contributed by atoms with Gasteiger partial charge in [0.1, 0.15) is 5.69 Å². The monoisotopic (exact) mass is 374 g/mol. The fourth-order valence-corrected chi connectivity index (χ4v) is 4.49. The molecule has 2 aliphatic heterocycles. The summed E-state index contributed by atoms with van der Waals surface area (Å²) in [7, 11) is 0. The van der Waals surface area contributed by atoms with Gasteiger partial charge in [0, 0.05) is 25.7 Å². The van der Waals surface area contributed by atoms with E-state index in [9.17, 15) is 9.59 Å². The van der Waals surface area contributed by atoms with Crippen LogP contribution in [0, 0.1) is 0 Å². The maximum atomic E-state index is 12.8. The Hall–Kier alpha value is -1.89. The van der Waals surface area contributed by atoms with E-state index in [-0.39, 0.29) is 24.0 Å². The normalized spacial score (nSPS) is 23.0. The van der Waals surface area contributed by atoms with E-state index in [1.165, 1.54) is 19.3 Å². The zero-order valence-electron chi connectivity index (χ0n) is 16.0. The van der Waals surface area contributed by atoms with Gasteiger partial charge in [0.15, 0.2) is 5.82 Å². The van der Waals surface area contributed by atoms with Crippen molar-refractivity contribution in [2.45, 2.75) is 82.9 Å². The van der Waals surface area contributed by atoms with Gasteiger partial charge < -0.3 is 19.9 Å². The van der Waals surface area contributed by atoms with Crippen LogP contribution in [-0.2, 0) is 17.7 Å². The number of aromatic nitrogens is 2. The van der Waals surface area contributed by atoms with Gasteiger partial charge in [-0.3, -0.25) is 9.59 Å². The lowest BCUT2D eigenvalue weighted by molar-refractivity contribution is 0.0845. The highest BCUT2D eigenvalue weighted by Crippen LogP contribution is 2.23. The van der Waals surface area contributed by atoms with Gasteiger partial charge in [-0.05, 0) is 44.9 Å². The van der Waals surface area contributed by atoms with E-state index in [2.05, 4.69) is 15.6 Å². The minimum absolute atomic E-state index is 0.0961. The molecule has 3 heterocycles. The third-order valence-electron chi connectivity index (χ3n) is 5.99. The van der Waals surface area contributed by atoms with E-state index in [0.717, 1.165) is 63.8 Å². The van der Waals surface area contributed by atoms with Crippen molar-refractivity contribution in [2.75, 3.05) is 13.2 Å². The summed E-state index contributed by atoms with van der Waals surface area (Å²) < 4.78 is 7.52. The largest absolute Gasteiger partial charge is 0.376 e. The molecule has 0 bridgehead atoms. The second-order valence-corrected chi connectivity index (χ2v) is 7.99. The Balaban J connectivity index is 1.48. The lowest BCUT2D eigenvalue weighted by Crippen LogP contribution is -2.37. The highest BCUT2D eigenvalue weighted by Gasteiger charge is 2.29. The Morgan fingerprint density at radius 1 is 1.04 bits per heavy atom. The Bertz CT molecular complexity index is 688. The molecule has 1 atom stereocenters. The second-order valence-electron chi connectivity index (χ2n) is 7.99. The third kappa shape index (κ3) is 4.18. The van der Waals surface area contributed by atoms with Crippen LogP contribution in [0.3, 0.4) is 0 Å². The number of imidazole rings is 1. The minimum Gasteiger partial charge on any atom is -0.376 e. The van der Waals surface area contributed by atoms with Crippen LogP contribution < -0.4 is 10.6 Å². The van der Waals surface area contributed by atoms with Crippen molar-refractivity contribution in [2.24, 2.45) is 0 Å². The van der Waals surface area contributed by atoms with Crippen LogP contribution in [0.1, 0.15) is 84.6 Å². The molecule has 1 unspecified atom stereocenters. The van der Waals surface area contributed by atoms with Crippen LogP contribution in [-0.4, -0.2) is 46.7 Å². The maximum absolute atomic E-state index is 12.8. The van der Waals surface area contributed by atoms with Crippen molar-refractivity contribution in [1.29, 1.82) is 0 Å². The number of amides is 2. The van der Waals surface area contributed by atoms with E-state index < -0.39 is 0 Å². The number of carbonyl (C=O) groups is 2. The first-order valence-corrected chi connectivity index (χ1v) is 10.5. The number of ether oxygens (including phenoxy) is 1. The Kier molecular flexibility index (Phi) is 5.76. The fraction of sp³-hybridized carbons (Fsp3) is 0.750. The van der Waals surface area contributed by atoms with Crippen molar-refractivity contribution in [3.8, 4) is 0 Å². The molecule has 2 N–H and O–H groups in total. The molecule has 3 aliphatic rings. The summed E-state index contributed by atoms with van der Waals surface area (Å²) in [5, 5.41) is 6.09. The molecular formula is C20H30N4O3. The second kappa shape index (κ2) is 8.42. The molecule has 0 spiro atoms. The van der Waals surface area contributed by atoms with Crippen molar-refractivity contribution < 1.29 is 14.3 Å². The van der Waals surface area contributed by atoms with Crippen LogP contribution in [0.2, 0.25) is 0 Å². The summed E-state index contributed by atoms with van der Waals surface area (Å²) in [5.41, 5.74) is 1.36. The molecule has 1 aromatic rings. The average molecular weight is 374 g/mol. The quantitative estimate of drug-likeness (QED) is 0.827. The van der Waals surface area contributed by atoms with Crippen molar-refractivity contribution >= 4 is 11.8 Å². The van der Waals surface area contributed by atoms with E-state index >= 15 is 0 Å². The summed E-state index contributed by atoms with van der Waals surface area (Å²) in [6, 6.07) is 0.240. The van der Waals surface area contributed by atoms with Gasteiger partial charge in [0.25, 0.3) is 11.8 Å². The number of hydrogen-bond donors (Lipinski definition) is 2. The number of hydrogen-bond acceptors (Lipinski definition) is 4. The molecule has 4 rings (SSSR count). The summed E-state index contributed by atoms with van der Waals surface area (Å²) in [4.78, 5) is 30.1. The zero-order valence-corrected chi connectivity index (χ0v) is 16.0. The molecule has 1 aliphatic carbocycles. The van der Waals surface area contributed by atoms with E-state index in [0.29, 0.717) is 18.1 Å². The molecule has 1 aromatic heterocycles. The number of fused-ring (bicyclic) bond motifs is 1. The minimum atomic E-state index is -0.203. The molecular weight excluding hydrogens is 344 g/mol. The molecule has 2 fully saturated rings. The zero-order chi connectivity index (χ0) is 18.6. The maximum Gasteiger partial charge on any atom is 0.287 e. The third-order valence-corrected chi connectivity index (χ3v) is 5.99. The first kappa shape index (κ1) is 18.5. The van der Waals surface area contributed by atoms with Crippen LogP contribution in [0.4, 0.5) is 0 Å². The Morgan fingerprint density at radius 2 is 1.89 bits per heavy atom. The molecule has 1 saturated carbocycles. The van der Waals surface area contributed by atoms with Gasteiger partial charge in [0.05, 0.1) is 11.8 Å². The Labute approximate surface area is 160 Å². The molecule has 27 heavy (non-hydrogen) atoms. The highest BCUT2D eigenvalue weighted by atomic mass is 16.5. The first-order chi connectivity index (χ1) is 13.2. The van der Waals surface area contributed by atoms with E-state index in [1.54, 1.807) is 0 Å². The van der Waals surface area contributed by atoms with Crippen LogP contribution in [0.25, 0.3) is 0 Å². The molecule has 0 aromatic carbocycles. The summed E-state index contributed by atoms with van der Waals surface area (Å²) in [6.45, 7) is 2.02. The number of nitrogens with zero attached hydrogens (tertiary/aromatic N) is 2. The van der Waals surface area contributed by atoms with Crippen LogP contribution in [0.15, 0.2) is 0 Å². The fourth-order valence-electron chi connectivity index (χ4n) is 4.49. The summed E-state index contributed by atoms with van der Waals surface area (Å²) in [5.74, 6) is 0.0487. The summed E-state index contributed by atoms with van der Waals surface area (Å²) >= 11 is 0. The van der Waals surface area contributed by atoms with Gasteiger partial charge in [-0.25, -0.2) is 4.98 Å². The van der Waals surface area contributed by atoms with Gasteiger partial charge in [0.2, 0.25) is 0 Å². The van der Waals surface area contributed by atoms with Crippen molar-refractivity contribution in [1.82, 2.24) is 20.2 Å². The average Bonchev–Trinajstić information content (AvgIpc) is 3.35. The van der Waals surface area contributed by atoms with E-state index in [4.69, 9.17) is 4.74 Å². The van der Waals surface area contributed by atoms with Gasteiger partial charge in [-0.15, -0.1) is 0 Å². The van der Waals surface area contributed by atoms with Gasteiger partial charge in [-0.2, -0.15) is 0 Å². The Morgan fingerprint density at radius 3 is 2.67 bits per heavy atom. The van der Waals surface area contributed by atoms with Crippen LogP contribution >= 0.6 is 0 Å². The molecule has 2 amide bonds. The predicted molar refractivity (Wildman–Crippen MR) is 101 cm³/mol. The smallest absolute Gasteiger partial charge is 0.287 e. The molecule has 1 saturated heterocycles. The van der Waals surface area contributed by atoms with Gasteiger partial charge in [-0.1, -0.05) is 19.3 Å². The standard InChI is InChI=1S/C20H30N4O3/c25-19(22-14-7-2-1-3-8-14)17-16-10-4-5-11-24(16)18(23-17)20(26)21-13-15-9-6-12-27-15/h14-15H,1-13H2,(H,21,26)(H,22,25). The first-order valence-electron chi connectivity index (χ1n) is 10.5. The van der Waals surface area contributed by atoms with Crippen LogP contribution in [0.5, 0.6) is 0 Å². The highest BCUT2D eigenvalue weighted by molar-refractivity contribution is 5.97. The molecule has 7 heteroatoms. The molecule has 0 radical (unpaired) electrons. The lowest BCUT2D eigenvalue weighted by Gasteiger charge is -2.23. The van der Waals surface area contributed by atoms with Crippen molar-refractivity contribution in [3.05, 3.63) is 17.2 Å².